The first kappa shape index (κ1) is 18.6. The predicted octanol–water partition coefficient (Wildman–Crippen LogP) is 3.26. The topological polar surface area (TPSA) is 79.1 Å². The van der Waals surface area contributed by atoms with Crippen LogP contribution in [0.3, 0.4) is 0 Å². The Balaban J connectivity index is 1.65. The first-order chi connectivity index (χ1) is 13.1. The van der Waals surface area contributed by atoms with Crippen molar-refractivity contribution in [1.29, 1.82) is 0 Å². The van der Waals surface area contributed by atoms with Crippen molar-refractivity contribution < 1.29 is 14.3 Å². The van der Waals surface area contributed by atoms with Crippen molar-refractivity contribution in [2.45, 2.75) is 6.92 Å². The van der Waals surface area contributed by atoms with E-state index in [1.165, 1.54) is 4.68 Å². The molecule has 0 saturated heterocycles. The van der Waals surface area contributed by atoms with Gasteiger partial charge in [0.15, 0.2) is 11.5 Å². The van der Waals surface area contributed by atoms with Gasteiger partial charge in [0.2, 0.25) is 0 Å². The van der Waals surface area contributed by atoms with E-state index < -0.39 is 5.97 Å². The Morgan fingerprint density at radius 3 is 2.52 bits per heavy atom. The summed E-state index contributed by atoms with van der Waals surface area (Å²) in [7, 11) is 0. The molecule has 0 amide bonds. The molecule has 0 saturated carbocycles. The van der Waals surface area contributed by atoms with Crippen molar-refractivity contribution in [1.82, 2.24) is 20.2 Å². The van der Waals surface area contributed by atoms with Crippen LogP contribution < -0.4 is 4.74 Å². The van der Waals surface area contributed by atoms with Crippen LogP contribution in [0.1, 0.15) is 11.4 Å². The number of aromatic nitrogens is 4. The van der Waals surface area contributed by atoms with Gasteiger partial charge in [-0.15, -0.1) is 5.10 Å². The van der Waals surface area contributed by atoms with Gasteiger partial charge in [0.05, 0.1) is 0 Å². The Kier molecular flexibility index (Phi) is 6.17. The molecule has 1 heterocycles. The van der Waals surface area contributed by atoms with Crippen LogP contribution in [0.5, 0.6) is 5.75 Å². The molecule has 0 bridgehead atoms. The molecule has 3 aromatic rings. The summed E-state index contributed by atoms with van der Waals surface area (Å²) in [4.78, 5) is 12.6. The van der Waals surface area contributed by atoms with Crippen LogP contribution in [0, 0.1) is 6.92 Å². The summed E-state index contributed by atoms with van der Waals surface area (Å²) in [5.74, 6) is 0.576. The maximum atomic E-state index is 12.6. The zero-order valence-corrected chi connectivity index (χ0v) is 15.3. The highest BCUT2D eigenvalue weighted by molar-refractivity contribution is 6.30. The molecule has 0 unspecified atom stereocenters. The summed E-state index contributed by atoms with van der Waals surface area (Å²) in [5.41, 5.74) is 1.05. The lowest BCUT2D eigenvalue weighted by molar-refractivity contribution is -0.137. The average Bonchev–Trinajstić information content (AvgIpc) is 3.11. The van der Waals surface area contributed by atoms with Gasteiger partial charge < -0.3 is 9.47 Å². The molecule has 0 aliphatic carbocycles. The third-order valence-electron chi connectivity index (χ3n) is 3.56. The standard InChI is InChI=1S/C19H17ClN4O3/c1-14-21-22-23-24(14)18(13-15-5-3-2-4-6-15)19(25)27-12-11-26-17-9-7-16(20)8-10-17/h2-10,13H,11-12H2,1H3/b18-13-. The number of hydrogen-bond acceptors (Lipinski definition) is 6. The zero-order valence-electron chi connectivity index (χ0n) is 14.6. The number of nitrogens with zero attached hydrogens (tertiary/aromatic N) is 4. The maximum absolute atomic E-state index is 12.6. The highest BCUT2D eigenvalue weighted by Gasteiger charge is 2.17. The minimum absolute atomic E-state index is 0.0781. The quantitative estimate of drug-likeness (QED) is 0.353. The number of carbonyl (C=O) groups excluding carboxylic acids is 1. The van der Waals surface area contributed by atoms with Crippen molar-refractivity contribution in [3.05, 3.63) is 71.0 Å². The predicted molar refractivity (Wildman–Crippen MR) is 101 cm³/mol. The van der Waals surface area contributed by atoms with E-state index in [1.807, 2.05) is 30.3 Å². The molecule has 0 aliphatic heterocycles. The van der Waals surface area contributed by atoms with E-state index in [1.54, 1.807) is 37.3 Å². The third-order valence-corrected chi connectivity index (χ3v) is 3.82. The second kappa shape index (κ2) is 8.95. The molecule has 0 fully saturated rings. The number of aryl methyl sites for hydroxylation is 1. The first-order valence-corrected chi connectivity index (χ1v) is 8.59. The van der Waals surface area contributed by atoms with Crippen LogP contribution in [-0.4, -0.2) is 39.4 Å². The van der Waals surface area contributed by atoms with Crippen LogP contribution in [0.2, 0.25) is 5.02 Å². The van der Waals surface area contributed by atoms with Crippen molar-refractivity contribution in [3.8, 4) is 5.75 Å². The number of carbonyl (C=O) groups is 1. The van der Waals surface area contributed by atoms with Gasteiger partial charge in [-0.1, -0.05) is 41.9 Å². The summed E-state index contributed by atoms with van der Waals surface area (Å²) >= 11 is 5.83. The number of tetrazole rings is 1. The van der Waals surface area contributed by atoms with Crippen molar-refractivity contribution >= 4 is 29.3 Å². The summed E-state index contributed by atoms with van der Waals surface area (Å²) < 4.78 is 12.2. The largest absolute Gasteiger partial charge is 0.490 e. The van der Waals surface area contributed by atoms with E-state index in [4.69, 9.17) is 21.1 Å². The molecule has 138 valence electrons. The average molecular weight is 385 g/mol. The van der Waals surface area contributed by atoms with Crippen LogP contribution in [0.4, 0.5) is 0 Å². The SMILES string of the molecule is Cc1nnnn1/C(=C\c1ccccc1)C(=O)OCCOc1ccc(Cl)cc1. The van der Waals surface area contributed by atoms with Gasteiger partial charge >= 0.3 is 5.97 Å². The molecule has 8 heteroatoms. The number of rotatable bonds is 7. The molecular formula is C19H17ClN4O3. The molecule has 3 rings (SSSR count). The van der Waals surface area contributed by atoms with E-state index in [0.717, 1.165) is 5.56 Å². The van der Waals surface area contributed by atoms with Crippen molar-refractivity contribution in [2.75, 3.05) is 13.2 Å². The molecule has 0 N–H and O–H groups in total. The van der Waals surface area contributed by atoms with E-state index in [2.05, 4.69) is 15.5 Å². The lowest BCUT2D eigenvalue weighted by Gasteiger charge is -2.10. The molecule has 7 nitrogen and oxygen atoms in total. The summed E-state index contributed by atoms with van der Waals surface area (Å²) in [5, 5.41) is 11.9. The lowest BCUT2D eigenvalue weighted by atomic mass is 10.2. The van der Waals surface area contributed by atoms with Gasteiger partial charge in [0, 0.05) is 5.02 Å². The van der Waals surface area contributed by atoms with Gasteiger partial charge in [0.25, 0.3) is 0 Å². The van der Waals surface area contributed by atoms with E-state index in [0.29, 0.717) is 16.6 Å². The van der Waals surface area contributed by atoms with Gasteiger partial charge in [-0.3, -0.25) is 0 Å². The minimum Gasteiger partial charge on any atom is -0.490 e. The molecule has 0 spiro atoms. The second-order valence-corrected chi connectivity index (χ2v) is 5.95. The Morgan fingerprint density at radius 2 is 1.85 bits per heavy atom. The molecule has 0 aliphatic rings. The Bertz CT molecular complexity index is 924. The van der Waals surface area contributed by atoms with Crippen LogP contribution in [0.25, 0.3) is 11.8 Å². The minimum atomic E-state index is -0.547. The Hall–Kier alpha value is -3.19. The zero-order chi connectivity index (χ0) is 19.1. The van der Waals surface area contributed by atoms with Crippen molar-refractivity contribution in [3.63, 3.8) is 0 Å². The number of hydrogen-bond donors (Lipinski definition) is 0. The monoisotopic (exact) mass is 384 g/mol. The summed E-state index contributed by atoms with van der Waals surface area (Å²) in [6.45, 7) is 1.99. The molecule has 2 aromatic carbocycles. The number of esters is 1. The highest BCUT2D eigenvalue weighted by atomic mass is 35.5. The molecule has 0 atom stereocenters. The van der Waals surface area contributed by atoms with Gasteiger partial charge in [-0.05, 0) is 53.3 Å². The fourth-order valence-electron chi connectivity index (χ4n) is 2.27. The fraction of sp³-hybridized carbons (Fsp3) is 0.158. The second-order valence-electron chi connectivity index (χ2n) is 5.52. The van der Waals surface area contributed by atoms with Gasteiger partial charge in [-0.2, -0.15) is 4.68 Å². The van der Waals surface area contributed by atoms with Gasteiger partial charge in [0.1, 0.15) is 19.0 Å². The number of benzene rings is 2. The molecule has 1 aromatic heterocycles. The maximum Gasteiger partial charge on any atom is 0.357 e. The van der Waals surface area contributed by atoms with E-state index in [9.17, 15) is 4.79 Å². The Labute approximate surface area is 161 Å². The normalized spacial score (nSPS) is 11.3. The fourth-order valence-corrected chi connectivity index (χ4v) is 2.39. The number of halogens is 1. The number of ether oxygens (including phenoxy) is 2. The van der Waals surface area contributed by atoms with E-state index >= 15 is 0 Å². The van der Waals surface area contributed by atoms with Gasteiger partial charge in [-0.25, -0.2) is 4.79 Å². The first-order valence-electron chi connectivity index (χ1n) is 8.21. The molecular weight excluding hydrogens is 368 g/mol. The van der Waals surface area contributed by atoms with E-state index in [-0.39, 0.29) is 18.9 Å². The van der Waals surface area contributed by atoms with Crippen LogP contribution in [-0.2, 0) is 9.53 Å². The third kappa shape index (κ3) is 5.15. The van der Waals surface area contributed by atoms with Crippen molar-refractivity contribution in [2.24, 2.45) is 0 Å². The smallest absolute Gasteiger partial charge is 0.357 e. The Morgan fingerprint density at radius 1 is 1.11 bits per heavy atom. The van der Waals surface area contributed by atoms with Crippen LogP contribution >= 0.6 is 11.6 Å². The highest BCUT2D eigenvalue weighted by Crippen LogP contribution is 2.16. The summed E-state index contributed by atoms with van der Waals surface area (Å²) in [6, 6.07) is 16.3. The molecule has 0 radical (unpaired) electrons. The summed E-state index contributed by atoms with van der Waals surface area (Å²) in [6.07, 6.45) is 1.67. The van der Waals surface area contributed by atoms with Crippen LogP contribution in [0.15, 0.2) is 54.6 Å². The lowest BCUT2D eigenvalue weighted by Crippen LogP contribution is -2.18. The molecule has 27 heavy (non-hydrogen) atoms.